The Balaban J connectivity index is 1.27. The molecule has 2 amide bonds. The van der Waals surface area contributed by atoms with Crippen LogP contribution in [0.3, 0.4) is 0 Å². The van der Waals surface area contributed by atoms with E-state index in [-0.39, 0.29) is 42.5 Å². The summed E-state index contributed by atoms with van der Waals surface area (Å²) in [5, 5.41) is 16.2. The predicted octanol–water partition coefficient (Wildman–Crippen LogP) is 6.29. The molecule has 1 aliphatic heterocycles. The van der Waals surface area contributed by atoms with E-state index in [1.807, 2.05) is 13.0 Å². The fourth-order valence-corrected chi connectivity index (χ4v) is 5.85. The van der Waals surface area contributed by atoms with Gasteiger partial charge in [-0.05, 0) is 50.6 Å². The van der Waals surface area contributed by atoms with E-state index in [0.717, 1.165) is 11.6 Å². The Morgan fingerprint density at radius 1 is 1.08 bits per heavy atom. The lowest BCUT2D eigenvalue weighted by atomic mass is 10.1. The third-order valence-corrected chi connectivity index (χ3v) is 8.73. The molecule has 0 saturated carbocycles. The van der Waals surface area contributed by atoms with Gasteiger partial charge in [0.2, 0.25) is 0 Å². The number of carbonyl (C=O) groups is 4. The third-order valence-electron chi connectivity index (χ3n) is 7.99. The molecule has 2 N–H and O–H groups in total. The summed E-state index contributed by atoms with van der Waals surface area (Å²) < 4.78 is 39.0. The summed E-state index contributed by atoms with van der Waals surface area (Å²) in [5.41, 5.74) is 2.37. The third kappa shape index (κ3) is 9.11. The summed E-state index contributed by atoms with van der Waals surface area (Å²) in [7, 11) is 0. The molecule has 1 aliphatic rings. The number of ether oxygens (including phenoxy) is 4. The van der Waals surface area contributed by atoms with Crippen molar-refractivity contribution < 1.29 is 47.6 Å². The van der Waals surface area contributed by atoms with E-state index in [4.69, 9.17) is 47.3 Å². The van der Waals surface area contributed by atoms with Crippen LogP contribution in [0.5, 0.6) is 11.5 Å². The van der Waals surface area contributed by atoms with E-state index >= 15 is 4.39 Å². The van der Waals surface area contributed by atoms with Crippen molar-refractivity contribution in [2.45, 2.75) is 39.3 Å². The molecule has 2 heterocycles. The number of anilines is 1. The molecule has 0 bridgehead atoms. The number of esters is 1. The molecule has 0 fully saturated rings. The van der Waals surface area contributed by atoms with E-state index in [0.29, 0.717) is 52.9 Å². The van der Waals surface area contributed by atoms with Crippen LogP contribution in [0, 0.1) is 12.7 Å². The predicted molar refractivity (Wildman–Crippen MR) is 189 cm³/mol. The normalized spacial score (nSPS) is 12.9. The number of carboxylic acids is 1. The molecule has 0 radical (unpaired) electrons. The van der Waals surface area contributed by atoms with Crippen LogP contribution in [0.4, 0.5) is 14.9 Å². The SMILES string of the molecule is CCOC(=O)[C@H](CC(=O)O)NC(=O)c1cc(F)c(Cn2cc(-c3cccc4c3OCCCN4C(=O)OCCOc3cccc(Cl)c3C)cn2)c(Cl)c1. The summed E-state index contributed by atoms with van der Waals surface area (Å²) in [6.07, 6.45) is 2.49. The number of hydrogen-bond donors (Lipinski definition) is 2. The molecule has 0 aliphatic carbocycles. The summed E-state index contributed by atoms with van der Waals surface area (Å²) in [5.74, 6) is -2.94. The van der Waals surface area contributed by atoms with Crippen molar-refractivity contribution in [3.8, 4) is 22.6 Å². The summed E-state index contributed by atoms with van der Waals surface area (Å²) in [6.45, 7) is 4.08. The zero-order valence-corrected chi connectivity index (χ0v) is 29.7. The average molecular weight is 758 g/mol. The Morgan fingerprint density at radius 2 is 1.87 bits per heavy atom. The lowest BCUT2D eigenvalue weighted by molar-refractivity contribution is -0.149. The number of aromatic nitrogens is 2. The number of hydrogen-bond acceptors (Lipinski definition) is 9. The van der Waals surface area contributed by atoms with Crippen LogP contribution in [-0.2, 0) is 25.6 Å². The van der Waals surface area contributed by atoms with Gasteiger partial charge in [-0.1, -0.05) is 41.4 Å². The molecule has 0 saturated heterocycles. The van der Waals surface area contributed by atoms with Crippen LogP contribution in [0.2, 0.25) is 10.0 Å². The molecule has 4 aromatic rings. The van der Waals surface area contributed by atoms with Gasteiger partial charge in [0.05, 0.1) is 38.1 Å². The number of fused-ring (bicyclic) bond motifs is 1. The first-order valence-corrected chi connectivity index (χ1v) is 17.0. The highest BCUT2D eigenvalue weighted by atomic mass is 35.5. The Kier molecular flexibility index (Phi) is 12.6. The van der Waals surface area contributed by atoms with Crippen LogP contribution < -0.4 is 19.7 Å². The minimum absolute atomic E-state index is 0.00748. The van der Waals surface area contributed by atoms with Crippen molar-refractivity contribution in [2.24, 2.45) is 0 Å². The Bertz CT molecular complexity index is 1950. The number of nitrogens with one attached hydrogen (secondary N) is 1. The number of benzene rings is 3. The first kappa shape index (κ1) is 37.9. The average Bonchev–Trinajstić information content (AvgIpc) is 3.46. The maximum absolute atomic E-state index is 15.4. The molecule has 16 heteroatoms. The molecule has 3 aromatic carbocycles. The summed E-state index contributed by atoms with van der Waals surface area (Å²) in [6, 6.07) is 11.3. The second-order valence-electron chi connectivity index (χ2n) is 11.6. The fraction of sp³-hybridized carbons (Fsp3) is 0.306. The second-order valence-corrected chi connectivity index (χ2v) is 12.4. The van der Waals surface area contributed by atoms with Crippen molar-refractivity contribution >= 4 is 52.8 Å². The smallest absolute Gasteiger partial charge is 0.414 e. The minimum atomic E-state index is -1.48. The van der Waals surface area contributed by atoms with Gasteiger partial charge in [0.15, 0.2) is 5.75 Å². The highest BCUT2D eigenvalue weighted by Gasteiger charge is 2.28. The van der Waals surface area contributed by atoms with E-state index in [9.17, 15) is 19.2 Å². The topological polar surface area (TPSA) is 159 Å². The standard InChI is InChI=1S/C36H35Cl2FN4O9/c1-3-49-35(47)29(17-32(44)45)41-34(46)22-15-27(38)25(28(39)16-22)20-42-19-23(18-40-42)24-7-4-9-30-33(24)51-12-6-11-43(30)36(48)52-14-13-50-31-10-5-8-26(37)21(31)2/h4-5,7-10,15-16,18-19,29H,3,6,11-14,17,20H2,1-2H3,(H,41,46)(H,44,45)/t29-/m0/s1. The van der Waals surface area contributed by atoms with Gasteiger partial charge in [-0.2, -0.15) is 5.10 Å². The highest BCUT2D eigenvalue weighted by Crippen LogP contribution is 2.40. The van der Waals surface area contributed by atoms with Gasteiger partial charge in [0.25, 0.3) is 5.91 Å². The number of para-hydroxylation sites is 1. The Morgan fingerprint density at radius 3 is 2.62 bits per heavy atom. The second kappa shape index (κ2) is 17.2. The van der Waals surface area contributed by atoms with Crippen LogP contribution in [0.15, 0.2) is 60.9 Å². The lowest BCUT2D eigenvalue weighted by Crippen LogP contribution is -2.43. The monoisotopic (exact) mass is 756 g/mol. The quantitative estimate of drug-likeness (QED) is 0.117. The Labute approximate surface area is 308 Å². The van der Waals surface area contributed by atoms with Crippen LogP contribution in [0.25, 0.3) is 11.1 Å². The zero-order valence-electron chi connectivity index (χ0n) is 28.2. The van der Waals surface area contributed by atoms with Gasteiger partial charge in [-0.3, -0.25) is 19.2 Å². The van der Waals surface area contributed by atoms with E-state index < -0.39 is 42.2 Å². The van der Waals surface area contributed by atoms with Crippen molar-refractivity contribution in [3.05, 3.63) is 93.5 Å². The number of nitrogens with zero attached hydrogens (tertiary/aromatic N) is 3. The first-order chi connectivity index (χ1) is 25.0. The molecular formula is C36H35Cl2FN4O9. The minimum Gasteiger partial charge on any atom is -0.491 e. The molecule has 0 unspecified atom stereocenters. The first-order valence-electron chi connectivity index (χ1n) is 16.2. The van der Waals surface area contributed by atoms with Gasteiger partial charge >= 0.3 is 18.0 Å². The van der Waals surface area contributed by atoms with Crippen LogP contribution in [0.1, 0.15) is 41.3 Å². The van der Waals surface area contributed by atoms with Crippen LogP contribution >= 0.6 is 23.2 Å². The van der Waals surface area contributed by atoms with Gasteiger partial charge < -0.3 is 29.4 Å². The zero-order chi connectivity index (χ0) is 37.4. The maximum atomic E-state index is 15.4. The number of halogens is 3. The number of rotatable bonds is 13. The largest absolute Gasteiger partial charge is 0.491 e. The maximum Gasteiger partial charge on any atom is 0.414 e. The van der Waals surface area contributed by atoms with E-state index in [1.165, 1.54) is 22.6 Å². The van der Waals surface area contributed by atoms with Crippen molar-refractivity contribution in [1.82, 2.24) is 15.1 Å². The highest BCUT2D eigenvalue weighted by molar-refractivity contribution is 6.32. The van der Waals surface area contributed by atoms with Crippen molar-refractivity contribution in [2.75, 3.05) is 37.9 Å². The van der Waals surface area contributed by atoms with Crippen molar-refractivity contribution in [3.63, 3.8) is 0 Å². The van der Waals surface area contributed by atoms with Crippen molar-refractivity contribution in [1.29, 1.82) is 0 Å². The summed E-state index contributed by atoms with van der Waals surface area (Å²) in [4.78, 5) is 50.9. The number of aliphatic carboxylic acids is 1. The summed E-state index contributed by atoms with van der Waals surface area (Å²) >= 11 is 12.6. The number of carboxylic acid groups (broad SMARTS) is 1. The molecule has 5 rings (SSSR count). The molecule has 13 nitrogen and oxygen atoms in total. The number of amides is 2. The van der Waals surface area contributed by atoms with Crippen LogP contribution in [-0.4, -0.2) is 77.8 Å². The Hall–Kier alpha value is -5.34. The number of carbonyl (C=O) groups excluding carboxylic acids is 3. The molecule has 1 atom stereocenters. The van der Waals surface area contributed by atoms with Gasteiger partial charge in [-0.15, -0.1) is 0 Å². The molecular weight excluding hydrogens is 722 g/mol. The lowest BCUT2D eigenvalue weighted by Gasteiger charge is -2.22. The van der Waals surface area contributed by atoms with E-state index in [2.05, 4.69) is 10.4 Å². The van der Waals surface area contributed by atoms with Gasteiger partial charge in [-0.25, -0.2) is 14.0 Å². The van der Waals surface area contributed by atoms with Gasteiger partial charge in [0.1, 0.15) is 30.8 Å². The molecule has 52 heavy (non-hydrogen) atoms. The molecule has 274 valence electrons. The molecule has 1 aromatic heterocycles. The fourth-order valence-electron chi connectivity index (χ4n) is 5.41. The van der Waals surface area contributed by atoms with E-state index in [1.54, 1.807) is 42.7 Å². The van der Waals surface area contributed by atoms with Gasteiger partial charge in [0, 0.05) is 50.6 Å². The molecule has 0 spiro atoms.